The Kier molecular flexibility index (Phi) is 5.22. The largest absolute Gasteiger partial charge is 0.374 e. The lowest BCUT2D eigenvalue weighted by Crippen LogP contribution is -2.37. The van der Waals surface area contributed by atoms with Gasteiger partial charge in [0.2, 0.25) is 5.91 Å². The lowest BCUT2D eigenvalue weighted by Gasteiger charge is -2.15. The Morgan fingerprint density at radius 1 is 1.59 bits per heavy atom. The van der Waals surface area contributed by atoms with E-state index in [1.54, 1.807) is 6.08 Å². The number of rotatable bonds is 5. The van der Waals surface area contributed by atoms with Crippen molar-refractivity contribution in [3.05, 3.63) is 40.9 Å². The van der Waals surface area contributed by atoms with Crippen LogP contribution in [0.3, 0.4) is 0 Å². The van der Waals surface area contributed by atoms with Gasteiger partial charge in [-0.3, -0.25) is 4.79 Å². The fourth-order valence-electron chi connectivity index (χ4n) is 1.38. The Bertz CT molecular complexity index is 418. The molecule has 17 heavy (non-hydrogen) atoms. The second-order valence-corrected chi connectivity index (χ2v) is 4.72. The lowest BCUT2D eigenvalue weighted by molar-refractivity contribution is -0.121. The monoisotopic (exact) mass is 296 g/mol. The highest BCUT2D eigenvalue weighted by molar-refractivity contribution is 9.10. The van der Waals surface area contributed by atoms with Gasteiger partial charge in [-0.15, -0.1) is 6.58 Å². The van der Waals surface area contributed by atoms with E-state index in [4.69, 9.17) is 0 Å². The van der Waals surface area contributed by atoms with Gasteiger partial charge in [0.25, 0.3) is 0 Å². The molecule has 1 aromatic carbocycles. The van der Waals surface area contributed by atoms with Crippen LogP contribution in [0.25, 0.3) is 0 Å². The second kappa shape index (κ2) is 6.45. The van der Waals surface area contributed by atoms with Crippen LogP contribution in [0.5, 0.6) is 0 Å². The number of anilines is 1. The quantitative estimate of drug-likeness (QED) is 0.821. The van der Waals surface area contributed by atoms with Gasteiger partial charge in [-0.05, 0) is 37.6 Å². The highest BCUT2D eigenvalue weighted by Gasteiger charge is 2.11. The van der Waals surface area contributed by atoms with Crippen molar-refractivity contribution in [2.75, 3.05) is 11.9 Å². The number of aryl methyl sites for hydroxylation is 1. The van der Waals surface area contributed by atoms with Crippen LogP contribution < -0.4 is 10.6 Å². The number of carbonyl (C=O) groups is 1. The molecule has 3 nitrogen and oxygen atoms in total. The van der Waals surface area contributed by atoms with E-state index in [2.05, 4.69) is 33.1 Å². The number of benzene rings is 1. The first kappa shape index (κ1) is 13.8. The van der Waals surface area contributed by atoms with Crippen molar-refractivity contribution in [1.29, 1.82) is 0 Å². The Balaban J connectivity index is 2.61. The fraction of sp³-hybridized carbons (Fsp3) is 0.308. The van der Waals surface area contributed by atoms with Gasteiger partial charge in [-0.1, -0.05) is 22.0 Å². The van der Waals surface area contributed by atoms with E-state index in [0.717, 1.165) is 15.7 Å². The molecule has 0 aliphatic carbocycles. The normalized spacial score (nSPS) is 11.7. The fourth-order valence-corrected chi connectivity index (χ4v) is 1.62. The van der Waals surface area contributed by atoms with Crippen LogP contribution in [0.1, 0.15) is 12.5 Å². The number of nitrogens with one attached hydrogen (secondary N) is 2. The van der Waals surface area contributed by atoms with Gasteiger partial charge in [0, 0.05) is 16.7 Å². The first-order valence-corrected chi connectivity index (χ1v) is 6.25. The average Bonchev–Trinajstić information content (AvgIpc) is 2.30. The van der Waals surface area contributed by atoms with Crippen molar-refractivity contribution >= 4 is 27.5 Å². The van der Waals surface area contributed by atoms with Gasteiger partial charge in [0.15, 0.2) is 0 Å². The maximum absolute atomic E-state index is 11.6. The smallest absolute Gasteiger partial charge is 0.242 e. The van der Waals surface area contributed by atoms with Crippen molar-refractivity contribution < 1.29 is 4.79 Å². The Morgan fingerprint density at radius 3 is 2.88 bits per heavy atom. The summed E-state index contributed by atoms with van der Waals surface area (Å²) in [4.78, 5) is 11.6. The average molecular weight is 297 g/mol. The van der Waals surface area contributed by atoms with E-state index in [0.29, 0.717) is 6.54 Å². The summed E-state index contributed by atoms with van der Waals surface area (Å²) in [7, 11) is 0. The van der Waals surface area contributed by atoms with Crippen molar-refractivity contribution in [3.63, 3.8) is 0 Å². The second-order valence-electron chi connectivity index (χ2n) is 3.86. The van der Waals surface area contributed by atoms with Crippen LogP contribution in [0, 0.1) is 6.92 Å². The molecule has 0 bridgehead atoms. The number of hydrogen-bond donors (Lipinski definition) is 2. The van der Waals surface area contributed by atoms with Crippen LogP contribution in [-0.4, -0.2) is 18.5 Å². The summed E-state index contributed by atoms with van der Waals surface area (Å²) in [5.41, 5.74) is 2.07. The van der Waals surface area contributed by atoms with Gasteiger partial charge < -0.3 is 10.6 Å². The van der Waals surface area contributed by atoms with E-state index >= 15 is 0 Å². The van der Waals surface area contributed by atoms with Crippen molar-refractivity contribution in [1.82, 2.24) is 5.32 Å². The molecule has 1 rings (SSSR count). The summed E-state index contributed by atoms with van der Waals surface area (Å²) in [5, 5.41) is 5.90. The lowest BCUT2D eigenvalue weighted by atomic mass is 10.2. The molecule has 1 amide bonds. The predicted octanol–water partition coefficient (Wildman–Crippen LogP) is 2.86. The summed E-state index contributed by atoms with van der Waals surface area (Å²) in [6.45, 7) is 7.89. The number of carbonyl (C=O) groups excluding carboxylic acids is 1. The Hall–Kier alpha value is -1.29. The van der Waals surface area contributed by atoms with E-state index < -0.39 is 0 Å². The van der Waals surface area contributed by atoms with Crippen molar-refractivity contribution in [2.24, 2.45) is 0 Å². The molecule has 0 aliphatic rings. The van der Waals surface area contributed by atoms with E-state index in [1.807, 2.05) is 32.0 Å². The highest BCUT2D eigenvalue weighted by atomic mass is 79.9. The molecule has 0 aromatic heterocycles. The maximum atomic E-state index is 11.6. The number of hydrogen-bond acceptors (Lipinski definition) is 2. The summed E-state index contributed by atoms with van der Waals surface area (Å²) in [5.74, 6) is -0.0366. The molecular formula is C13H17BrN2O. The molecule has 0 spiro atoms. The van der Waals surface area contributed by atoms with Crippen LogP contribution in [0.4, 0.5) is 5.69 Å². The molecule has 0 saturated heterocycles. The van der Waals surface area contributed by atoms with Crippen LogP contribution in [-0.2, 0) is 4.79 Å². The molecule has 92 valence electrons. The number of halogens is 1. The summed E-state index contributed by atoms with van der Waals surface area (Å²) < 4.78 is 1.06. The zero-order valence-electron chi connectivity index (χ0n) is 10.1. The summed E-state index contributed by atoms with van der Waals surface area (Å²) >= 11 is 3.44. The molecule has 0 radical (unpaired) electrons. The van der Waals surface area contributed by atoms with Crippen LogP contribution >= 0.6 is 15.9 Å². The maximum Gasteiger partial charge on any atom is 0.242 e. The van der Waals surface area contributed by atoms with Gasteiger partial charge in [-0.25, -0.2) is 0 Å². The van der Waals surface area contributed by atoms with Gasteiger partial charge >= 0.3 is 0 Å². The third kappa shape index (κ3) is 4.23. The standard InChI is InChI=1S/C13H17BrN2O/c1-4-7-15-13(17)10(3)16-11-5-6-12(14)9(2)8-11/h4-6,8,10,16H,1,7H2,2-3H3,(H,15,17). The summed E-state index contributed by atoms with van der Waals surface area (Å²) in [6, 6.07) is 5.64. The van der Waals surface area contributed by atoms with E-state index in [-0.39, 0.29) is 11.9 Å². The molecule has 0 fully saturated rings. The molecule has 0 saturated carbocycles. The minimum absolute atomic E-state index is 0.0366. The Labute approximate surface area is 110 Å². The van der Waals surface area contributed by atoms with E-state index in [9.17, 15) is 4.79 Å². The first-order chi connectivity index (χ1) is 8.04. The molecule has 0 aliphatic heterocycles. The minimum Gasteiger partial charge on any atom is -0.374 e. The van der Waals surface area contributed by atoms with Gasteiger partial charge in [0.05, 0.1) is 0 Å². The molecule has 1 atom stereocenters. The number of amides is 1. The topological polar surface area (TPSA) is 41.1 Å². The third-order valence-corrected chi connectivity index (χ3v) is 3.24. The SMILES string of the molecule is C=CCNC(=O)C(C)Nc1ccc(Br)c(C)c1. The van der Waals surface area contributed by atoms with Crippen LogP contribution in [0.2, 0.25) is 0 Å². The molecule has 0 heterocycles. The van der Waals surface area contributed by atoms with Crippen LogP contribution in [0.15, 0.2) is 35.3 Å². The molecule has 1 aromatic rings. The molecule has 2 N–H and O–H groups in total. The molecule has 1 unspecified atom stereocenters. The molecular weight excluding hydrogens is 280 g/mol. The minimum atomic E-state index is -0.268. The van der Waals surface area contributed by atoms with E-state index in [1.165, 1.54) is 0 Å². The highest BCUT2D eigenvalue weighted by Crippen LogP contribution is 2.20. The van der Waals surface area contributed by atoms with Gasteiger partial charge in [0.1, 0.15) is 6.04 Å². The molecule has 4 heteroatoms. The summed E-state index contributed by atoms with van der Waals surface area (Å²) in [6.07, 6.45) is 1.66. The first-order valence-electron chi connectivity index (χ1n) is 5.46. The van der Waals surface area contributed by atoms with Crippen molar-refractivity contribution in [2.45, 2.75) is 19.9 Å². The zero-order chi connectivity index (χ0) is 12.8. The van der Waals surface area contributed by atoms with Crippen molar-refractivity contribution in [3.8, 4) is 0 Å². The predicted molar refractivity (Wildman–Crippen MR) is 75.2 cm³/mol. The Morgan fingerprint density at radius 2 is 2.29 bits per heavy atom. The third-order valence-electron chi connectivity index (χ3n) is 2.36. The zero-order valence-corrected chi connectivity index (χ0v) is 11.7. The van der Waals surface area contributed by atoms with Gasteiger partial charge in [-0.2, -0.15) is 0 Å².